The van der Waals surface area contributed by atoms with Crippen molar-refractivity contribution in [2.45, 2.75) is 113 Å². The Hall–Kier alpha value is -6.06. The van der Waals surface area contributed by atoms with Gasteiger partial charge < -0.3 is 100 Å². The first kappa shape index (κ1) is 81.0. The quantitative estimate of drug-likeness (QED) is 0.0162. The number of methoxy groups -OCH3 is 2. The fraction of sp³-hybridized carbons (Fsp3) is 0.782. The van der Waals surface area contributed by atoms with Crippen molar-refractivity contribution in [3.63, 3.8) is 0 Å². The van der Waals surface area contributed by atoms with Crippen LogP contribution in [0.4, 0.5) is 9.59 Å². The Bertz CT molecular complexity index is 2080. The zero-order valence-electron chi connectivity index (χ0n) is 52.4. The monoisotopic (exact) mass is 1340 g/mol. The molecule has 0 aromatic heterocycles. The fourth-order valence-electron chi connectivity index (χ4n) is 7.74. The van der Waals surface area contributed by atoms with Gasteiger partial charge in [-0.1, -0.05) is 13.8 Å². The van der Waals surface area contributed by atoms with Gasteiger partial charge in [-0.2, -0.15) is 0 Å². The molecule has 2 aliphatic heterocycles. The number of carbonyl (C=O) groups is 12. The van der Waals surface area contributed by atoms with E-state index in [0.717, 1.165) is 9.80 Å². The lowest BCUT2D eigenvalue weighted by Gasteiger charge is -2.21. The molecule has 91 heavy (non-hydrogen) atoms. The van der Waals surface area contributed by atoms with E-state index < -0.39 is 82.9 Å². The molecule has 2 fully saturated rings. The van der Waals surface area contributed by atoms with Gasteiger partial charge in [0.05, 0.1) is 88.8 Å². The van der Waals surface area contributed by atoms with E-state index in [1.807, 2.05) is 13.8 Å². The van der Waals surface area contributed by atoms with Gasteiger partial charge in [0.1, 0.15) is 13.2 Å². The van der Waals surface area contributed by atoms with E-state index in [2.05, 4.69) is 42.5 Å². The van der Waals surface area contributed by atoms with Crippen molar-refractivity contribution in [2.75, 3.05) is 164 Å². The molecule has 0 aromatic rings. The van der Waals surface area contributed by atoms with Crippen LogP contribution >= 0.6 is 23.5 Å². The molecule has 12 amide bonds. The Labute approximate surface area is 537 Å². The minimum Gasteiger partial charge on any atom is -0.444 e. The number of imide groups is 2. The molecule has 10 N–H and O–H groups in total. The van der Waals surface area contributed by atoms with Gasteiger partial charge in [-0.05, 0) is 12.8 Å². The van der Waals surface area contributed by atoms with Crippen LogP contribution in [-0.2, 0) is 95.3 Å². The number of hydrogen-bond acceptors (Lipinski definition) is 26. The van der Waals surface area contributed by atoms with Gasteiger partial charge in [-0.3, -0.25) is 57.7 Å². The fourth-order valence-corrected chi connectivity index (χ4v) is 10.4. The standard InChI is InChI=1S/C55H94N10O24S2/c1-5-38(33-66)88-50(80-3)35-86-54(78)62-13-7-42(68)56-15-17-58-46(72)11-23-82-27-29-84-25-19-60-44(70)9-21-64-48(74)31-40(52(64)76)90-37-91-41-32-49(75)65(53(41)77)22-10-45(71)61-20-26-85-30-28-83-24-12-47(73)59-18-16-57-43(69)8-14-63-55(79)87-36-51(81-4)89-39(6-2)34-67/h38-41,50-51,66-67H,5-37H2,1-4H3,(H,56,68)(H,57,69)(H,58,72)(H,59,73)(H,60,70)(H,61,71)(H,62,78)(H,63,79). The number of carbonyl (C=O) groups excluding carboxylic acids is 12. The average Bonchev–Trinajstić information content (AvgIpc) is 2.32. The van der Waals surface area contributed by atoms with E-state index in [4.69, 9.17) is 47.4 Å². The van der Waals surface area contributed by atoms with Gasteiger partial charge in [-0.15, -0.1) is 23.5 Å². The second kappa shape index (κ2) is 50.5. The van der Waals surface area contributed by atoms with Crippen molar-refractivity contribution < 1.29 is 115 Å². The number of thioether (sulfide) groups is 2. The summed E-state index contributed by atoms with van der Waals surface area (Å²) in [5, 5.41) is 38.0. The third kappa shape index (κ3) is 37.9. The SMILES string of the molecule is CCC(CO)OC(COC(=O)NCCC(=O)NCCNC(=O)CCOCCOCCNC(=O)CCN1C(=O)CC(SCSC2CC(=O)N(CCC(=O)NCCOCCOCCC(=O)NCCNC(=O)CCNC(=O)OCC(OC)OC(CC)CO)C2=O)C1=O)OC. The van der Waals surface area contributed by atoms with Crippen molar-refractivity contribution in [3.8, 4) is 0 Å². The summed E-state index contributed by atoms with van der Waals surface area (Å²) in [6.07, 6.45) is -3.37. The lowest BCUT2D eigenvalue weighted by molar-refractivity contribution is -0.181. The highest BCUT2D eigenvalue weighted by Crippen LogP contribution is 2.33. The summed E-state index contributed by atoms with van der Waals surface area (Å²) in [4.78, 5) is 150. The first-order valence-electron chi connectivity index (χ1n) is 30.1. The molecule has 34 nitrogen and oxygen atoms in total. The summed E-state index contributed by atoms with van der Waals surface area (Å²) >= 11 is 2.34. The van der Waals surface area contributed by atoms with Crippen molar-refractivity contribution >= 4 is 94.8 Å². The van der Waals surface area contributed by atoms with Crippen molar-refractivity contribution in [1.29, 1.82) is 0 Å². The number of aliphatic hydroxyl groups is 2. The molecule has 0 bridgehead atoms. The molecule has 520 valence electrons. The highest BCUT2D eigenvalue weighted by atomic mass is 32.2. The second-order valence-electron chi connectivity index (χ2n) is 19.7. The Morgan fingerprint density at radius 3 is 1.12 bits per heavy atom. The van der Waals surface area contributed by atoms with Crippen LogP contribution in [0.3, 0.4) is 0 Å². The van der Waals surface area contributed by atoms with Gasteiger partial charge in [0, 0.05) is 136 Å². The van der Waals surface area contributed by atoms with Crippen molar-refractivity contribution in [1.82, 2.24) is 52.3 Å². The second-order valence-corrected chi connectivity index (χ2v) is 22.5. The van der Waals surface area contributed by atoms with Crippen LogP contribution in [0.5, 0.6) is 0 Å². The largest absolute Gasteiger partial charge is 0.444 e. The summed E-state index contributed by atoms with van der Waals surface area (Å²) in [6.45, 7) is 4.95. The number of alkyl carbamates (subject to hydrolysis) is 2. The van der Waals surface area contributed by atoms with Gasteiger partial charge >= 0.3 is 12.2 Å². The number of hydrogen-bond donors (Lipinski definition) is 10. The zero-order valence-corrected chi connectivity index (χ0v) is 54.0. The van der Waals surface area contributed by atoms with Gasteiger partial charge in [0.15, 0.2) is 12.6 Å². The van der Waals surface area contributed by atoms with Crippen LogP contribution in [0.15, 0.2) is 0 Å². The molecular formula is C55H94N10O24S2. The summed E-state index contributed by atoms with van der Waals surface area (Å²) in [6, 6.07) is 0. The highest BCUT2D eigenvalue weighted by Gasteiger charge is 2.41. The van der Waals surface area contributed by atoms with Crippen LogP contribution in [0.1, 0.15) is 78.1 Å². The maximum atomic E-state index is 13.0. The maximum Gasteiger partial charge on any atom is 0.407 e. The number of nitrogens with zero attached hydrogens (tertiary/aromatic N) is 2. The Morgan fingerprint density at radius 2 is 0.780 bits per heavy atom. The van der Waals surface area contributed by atoms with Gasteiger partial charge in [0.25, 0.3) is 0 Å². The van der Waals surface area contributed by atoms with Crippen LogP contribution in [0.2, 0.25) is 0 Å². The summed E-state index contributed by atoms with van der Waals surface area (Å²) in [7, 11) is 2.75. The number of amides is 12. The lowest BCUT2D eigenvalue weighted by Crippen LogP contribution is -2.37. The third-order valence-electron chi connectivity index (χ3n) is 12.9. The molecule has 2 heterocycles. The van der Waals surface area contributed by atoms with Crippen molar-refractivity contribution in [2.24, 2.45) is 0 Å². The molecule has 0 radical (unpaired) electrons. The summed E-state index contributed by atoms with van der Waals surface area (Å²) < 4.78 is 52.8. The van der Waals surface area contributed by atoms with Gasteiger partial charge in [-0.25, -0.2) is 9.59 Å². The van der Waals surface area contributed by atoms with E-state index >= 15 is 0 Å². The predicted octanol–water partition coefficient (Wildman–Crippen LogP) is -3.26. The number of aliphatic hydroxyl groups excluding tert-OH is 2. The molecule has 2 aliphatic rings. The van der Waals surface area contributed by atoms with Crippen LogP contribution in [0.25, 0.3) is 0 Å². The predicted molar refractivity (Wildman–Crippen MR) is 324 cm³/mol. The summed E-state index contributed by atoms with van der Waals surface area (Å²) in [5.74, 6) is -3.82. The maximum absolute atomic E-state index is 13.0. The molecule has 0 aromatic carbocycles. The Balaban J connectivity index is 1.42. The minimum absolute atomic E-state index is 0.0105. The van der Waals surface area contributed by atoms with Gasteiger partial charge in [0.2, 0.25) is 59.1 Å². The van der Waals surface area contributed by atoms with E-state index in [0.29, 0.717) is 12.8 Å². The number of rotatable bonds is 54. The molecule has 6 atom stereocenters. The van der Waals surface area contributed by atoms with Crippen LogP contribution < -0.4 is 42.5 Å². The number of ether oxygens (including phenoxy) is 10. The molecule has 2 rings (SSSR count). The minimum atomic E-state index is -0.854. The first-order chi connectivity index (χ1) is 43.9. The van der Waals surface area contributed by atoms with E-state index in [9.17, 15) is 67.7 Å². The molecule has 0 aliphatic carbocycles. The number of nitrogens with one attached hydrogen (secondary N) is 8. The normalized spacial score (nSPS) is 16.0. The highest BCUT2D eigenvalue weighted by molar-refractivity contribution is 8.17. The summed E-state index contributed by atoms with van der Waals surface area (Å²) in [5.41, 5.74) is 0. The third-order valence-corrected chi connectivity index (χ3v) is 15.5. The smallest absolute Gasteiger partial charge is 0.407 e. The van der Waals surface area contributed by atoms with E-state index in [1.54, 1.807) is 0 Å². The van der Waals surface area contributed by atoms with E-state index in [-0.39, 0.29) is 225 Å². The van der Waals surface area contributed by atoms with Crippen LogP contribution in [-0.4, -0.2) is 291 Å². The molecule has 36 heteroatoms. The Morgan fingerprint density at radius 1 is 0.451 bits per heavy atom. The molecule has 2 saturated heterocycles. The Kier molecular flexibility index (Phi) is 45.0. The number of likely N-dealkylation sites (tertiary alicyclic amines) is 2. The average molecular weight is 1340 g/mol. The molecule has 0 spiro atoms. The van der Waals surface area contributed by atoms with Crippen molar-refractivity contribution in [3.05, 3.63) is 0 Å². The lowest BCUT2D eigenvalue weighted by atomic mass is 10.3. The molecular weight excluding hydrogens is 1250 g/mol. The molecule has 0 saturated carbocycles. The molecule has 6 unspecified atom stereocenters. The first-order valence-corrected chi connectivity index (χ1v) is 32.2. The topological polar surface area (TPSA) is 440 Å². The zero-order chi connectivity index (χ0) is 67.0. The van der Waals surface area contributed by atoms with E-state index in [1.165, 1.54) is 37.7 Å². The van der Waals surface area contributed by atoms with Crippen LogP contribution in [0, 0.1) is 0 Å².